The van der Waals surface area contributed by atoms with E-state index in [-0.39, 0.29) is 40.3 Å². The molecule has 0 aromatic heterocycles. The number of hydrogen-bond donors (Lipinski definition) is 0. The van der Waals surface area contributed by atoms with Crippen molar-refractivity contribution in [3.8, 4) is 0 Å². The van der Waals surface area contributed by atoms with Gasteiger partial charge in [0.2, 0.25) is 0 Å². The van der Waals surface area contributed by atoms with Gasteiger partial charge in [-0.2, -0.15) is 0 Å². The molecule has 0 amide bonds. The van der Waals surface area contributed by atoms with E-state index in [0.29, 0.717) is 0 Å². The van der Waals surface area contributed by atoms with Gasteiger partial charge in [0, 0.05) is 0 Å². The Kier molecular flexibility index (Phi) is 4050000. The third kappa shape index (κ3) is 1690. The smallest absolute Gasteiger partial charge is 1.00 e. The number of hydrogen-bond acceptors (Lipinski definition) is 0. The Bertz CT molecular complexity index is 3.90. The van der Waals surface area contributed by atoms with Gasteiger partial charge < -0.3 is 23.5 Å². The van der Waals surface area contributed by atoms with Gasteiger partial charge in [0.05, 0.1) is 0 Å². The quantitative estimate of drug-likeness (QED) is 0.304. The SMILES string of the molecule is [Co+5].[F-].[F-].[F-].[F-].[F-]. The van der Waals surface area contributed by atoms with Gasteiger partial charge in [-0.05, 0) is 0 Å². The summed E-state index contributed by atoms with van der Waals surface area (Å²) in [5, 5.41) is 0. The molecule has 44 valence electrons. The Balaban J connectivity index is 0. The van der Waals surface area contributed by atoms with Crippen LogP contribution in [0.15, 0.2) is 0 Å². The maximum absolute atomic E-state index is 0. The maximum Gasteiger partial charge on any atom is 5.00 e. The van der Waals surface area contributed by atoms with Crippen molar-refractivity contribution in [3.63, 3.8) is 0 Å². The first-order chi connectivity index (χ1) is 0. The van der Waals surface area contributed by atoms with Crippen LogP contribution in [0, 0.1) is 0 Å². The van der Waals surface area contributed by atoms with Gasteiger partial charge in [-0.1, -0.05) is 0 Å². The fraction of sp³-hybridized carbons (Fsp3) is 0. The molecular formula is CoF5. The Morgan fingerprint density at radius 2 is 0.333 bits per heavy atom. The van der Waals surface area contributed by atoms with Gasteiger partial charge in [-0.25, -0.2) is 0 Å². The first-order valence-electron chi connectivity index (χ1n) is 0. The molecule has 0 nitrogen and oxygen atoms in total. The molecule has 0 unspecified atom stereocenters. The number of rotatable bonds is 0. The van der Waals surface area contributed by atoms with Gasteiger partial charge in [0.25, 0.3) is 0 Å². The molecule has 0 aromatic rings. The first kappa shape index (κ1) is 6680. The second kappa shape index (κ2) is 3640. The zero-order chi connectivity index (χ0) is 0. The molecule has 0 radical (unpaired) electrons. The molecule has 0 fully saturated rings. The molecule has 0 rings (SSSR count). The van der Waals surface area contributed by atoms with Crippen LogP contribution in [-0.4, -0.2) is 0 Å². The minimum Gasteiger partial charge on any atom is -1.00 e. The molecule has 0 aliphatic rings. The summed E-state index contributed by atoms with van der Waals surface area (Å²) in [6.07, 6.45) is 0. The molecule has 0 atom stereocenters. The van der Waals surface area contributed by atoms with E-state index in [9.17, 15) is 0 Å². The van der Waals surface area contributed by atoms with Crippen LogP contribution in [0.1, 0.15) is 0 Å². The van der Waals surface area contributed by atoms with E-state index in [1.165, 1.54) is 0 Å². The van der Waals surface area contributed by atoms with Crippen LogP contribution in [0.5, 0.6) is 0 Å². The van der Waals surface area contributed by atoms with E-state index in [0.717, 1.165) is 0 Å². The normalized spacial score (nSPS) is 0. The molecule has 0 aliphatic heterocycles. The van der Waals surface area contributed by atoms with Gasteiger partial charge in [-0.15, -0.1) is 0 Å². The molecule has 0 N–H and O–H groups in total. The summed E-state index contributed by atoms with van der Waals surface area (Å²) < 4.78 is 0. The molecule has 6 heavy (non-hydrogen) atoms. The Labute approximate surface area is 41.3 Å². The summed E-state index contributed by atoms with van der Waals surface area (Å²) >= 11 is 0. The van der Waals surface area contributed by atoms with Crippen molar-refractivity contribution in [2.24, 2.45) is 0 Å². The molecule has 0 spiro atoms. The van der Waals surface area contributed by atoms with E-state index < -0.39 is 0 Å². The van der Waals surface area contributed by atoms with Crippen LogP contribution in [0.25, 0.3) is 0 Å². The monoisotopic (exact) mass is 154 g/mol. The van der Waals surface area contributed by atoms with Crippen molar-refractivity contribution >= 4 is 0 Å². The van der Waals surface area contributed by atoms with E-state index >= 15 is 0 Å². The third-order valence-corrected chi connectivity index (χ3v) is 0. The van der Waals surface area contributed by atoms with E-state index in [4.69, 9.17) is 0 Å². The summed E-state index contributed by atoms with van der Waals surface area (Å²) in [5.41, 5.74) is 0. The average molecular weight is 154 g/mol. The second-order valence-corrected chi connectivity index (χ2v) is 0. The van der Waals surface area contributed by atoms with E-state index in [1.54, 1.807) is 0 Å². The molecular weight excluding hydrogens is 154 g/mol. The Morgan fingerprint density at radius 1 is 0.333 bits per heavy atom. The van der Waals surface area contributed by atoms with Crippen LogP contribution in [0.2, 0.25) is 0 Å². The summed E-state index contributed by atoms with van der Waals surface area (Å²) in [4.78, 5) is 0. The number of halogens is 5. The Morgan fingerprint density at radius 3 is 0.333 bits per heavy atom. The summed E-state index contributed by atoms with van der Waals surface area (Å²) in [7, 11) is 0. The molecule has 0 saturated heterocycles. The summed E-state index contributed by atoms with van der Waals surface area (Å²) in [6.45, 7) is 0. The van der Waals surface area contributed by atoms with Crippen molar-refractivity contribution in [3.05, 3.63) is 0 Å². The third-order valence-electron chi connectivity index (χ3n) is 0. The standard InChI is InChI=1S/Co.5FH/h;5*1H/q+5;;;;;/p-5. The van der Waals surface area contributed by atoms with Crippen molar-refractivity contribution in [2.45, 2.75) is 0 Å². The summed E-state index contributed by atoms with van der Waals surface area (Å²) in [5.74, 6) is 0. The molecule has 0 heterocycles. The zero-order valence-corrected chi connectivity index (χ0v) is 3.26. The van der Waals surface area contributed by atoms with Gasteiger partial charge in [-0.3, -0.25) is 0 Å². The molecule has 6 heteroatoms. The van der Waals surface area contributed by atoms with Crippen LogP contribution < -0.4 is 23.5 Å². The van der Waals surface area contributed by atoms with Crippen molar-refractivity contribution < 1.29 is 40.3 Å². The minimum atomic E-state index is 0. The fourth-order valence-electron chi connectivity index (χ4n) is 0. The van der Waals surface area contributed by atoms with Gasteiger partial charge >= 0.3 is 16.8 Å². The maximum atomic E-state index is 0. The second-order valence-electron chi connectivity index (χ2n) is 0. The van der Waals surface area contributed by atoms with Crippen LogP contribution in [0.3, 0.4) is 0 Å². The van der Waals surface area contributed by atoms with E-state index in [2.05, 4.69) is 0 Å². The predicted molar refractivity (Wildman–Crippen MR) is 0 cm³/mol. The molecule has 0 bridgehead atoms. The largest absolute Gasteiger partial charge is 5.00 e. The van der Waals surface area contributed by atoms with Gasteiger partial charge in [0.15, 0.2) is 0 Å². The average Bonchev–Trinajstić information content (AvgIpc) is 0. The van der Waals surface area contributed by atoms with Crippen molar-refractivity contribution in [1.82, 2.24) is 0 Å². The molecule has 0 saturated carbocycles. The molecule has 0 aromatic carbocycles. The van der Waals surface area contributed by atoms with Crippen molar-refractivity contribution in [2.75, 3.05) is 0 Å². The zero-order valence-electron chi connectivity index (χ0n) is 2.22. The fourth-order valence-corrected chi connectivity index (χ4v) is 0. The minimum absolute atomic E-state index is 0. The molecule has 0 aliphatic carbocycles. The topological polar surface area (TPSA) is 0 Å². The predicted octanol–water partition coefficient (Wildman–Crippen LogP) is -15.0. The van der Waals surface area contributed by atoms with Crippen LogP contribution in [-0.2, 0) is 16.8 Å². The van der Waals surface area contributed by atoms with Gasteiger partial charge in [0.1, 0.15) is 0 Å². The van der Waals surface area contributed by atoms with Crippen LogP contribution >= 0.6 is 0 Å². The first-order valence-corrected chi connectivity index (χ1v) is 0. The van der Waals surface area contributed by atoms with E-state index in [1.807, 2.05) is 0 Å². The summed E-state index contributed by atoms with van der Waals surface area (Å²) in [6, 6.07) is 0. The van der Waals surface area contributed by atoms with Crippen molar-refractivity contribution in [1.29, 1.82) is 0 Å². The van der Waals surface area contributed by atoms with Crippen LogP contribution in [0.4, 0.5) is 0 Å². The Hall–Kier alpha value is 0.156.